The van der Waals surface area contributed by atoms with Gasteiger partial charge in [0.2, 0.25) is 5.95 Å². The van der Waals surface area contributed by atoms with E-state index in [4.69, 9.17) is 5.73 Å². The number of imidazole rings is 1. The largest absolute Gasteiger partial charge is 0.369 e. The van der Waals surface area contributed by atoms with E-state index in [0.717, 1.165) is 24.0 Å². The molecular formula is C17H19N3. The van der Waals surface area contributed by atoms with Crippen LogP contribution in [0.3, 0.4) is 0 Å². The molecule has 20 heavy (non-hydrogen) atoms. The van der Waals surface area contributed by atoms with Crippen LogP contribution in [0.5, 0.6) is 0 Å². The molecule has 1 aromatic heterocycles. The first-order valence-electron chi connectivity index (χ1n) is 6.91. The van der Waals surface area contributed by atoms with Crippen molar-refractivity contribution in [2.24, 2.45) is 0 Å². The topological polar surface area (TPSA) is 43.8 Å². The Morgan fingerprint density at radius 1 is 1.05 bits per heavy atom. The molecule has 0 aliphatic rings. The summed E-state index contributed by atoms with van der Waals surface area (Å²) in [6.07, 6.45) is 0.964. The molecule has 0 atom stereocenters. The summed E-state index contributed by atoms with van der Waals surface area (Å²) in [5, 5.41) is 0. The highest BCUT2D eigenvalue weighted by Crippen LogP contribution is 2.20. The van der Waals surface area contributed by atoms with Crippen molar-refractivity contribution in [3.63, 3.8) is 0 Å². The molecule has 0 unspecified atom stereocenters. The smallest absolute Gasteiger partial charge is 0.201 e. The van der Waals surface area contributed by atoms with Crippen LogP contribution in [0.1, 0.15) is 16.7 Å². The zero-order valence-corrected chi connectivity index (χ0v) is 11.9. The second-order valence-electron chi connectivity index (χ2n) is 5.35. The summed E-state index contributed by atoms with van der Waals surface area (Å²) in [5.74, 6) is 0.596. The molecule has 2 aromatic carbocycles. The van der Waals surface area contributed by atoms with Crippen LogP contribution >= 0.6 is 0 Å². The molecule has 0 radical (unpaired) electrons. The number of aryl methyl sites for hydroxylation is 4. The average molecular weight is 265 g/mol. The highest BCUT2D eigenvalue weighted by atomic mass is 15.1. The van der Waals surface area contributed by atoms with Crippen LogP contribution in [-0.4, -0.2) is 9.55 Å². The van der Waals surface area contributed by atoms with Crippen molar-refractivity contribution in [3.8, 4) is 0 Å². The minimum Gasteiger partial charge on any atom is -0.369 e. The van der Waals surface area contributed by atoms with Gasteiger partial charge < -0.3 is 10.3 Å². The van der Waals surface area contributed by atoms with Gasteiger partial charge in [0.25, 0.3) is 0 Å². The average Bonchev–Trinajstić information content (AvgIpc) is 2.72. The standard InChI is InChI=1S/C17H19N3/c1-12-4-3-5-14(10-12)8-9-20-16-11-13(2)6-7-15(16)19-17(20)18/h3-7,10-11H,8-9H2,1-2H3,(H2,18,19). The fourth-order valence-corrected chi connectivity index (χ4v) is 2.59. The van der Waals surface area contributed by atoms with Crippen LogP contribution in [0.2, 0.25) is 0 Å². The van der Waals surface area contributed by atoms with Crippen LogP contribution in [-0.2, 0) is 13.0 Å². The van der Waals surface area contributed by atoms with Crippen molar-refractivity contribution >= 4 is 17.0 Å². The van der Waals surface area contributed by atoms with Gasteiger partial charge in [0.05, 0.1) is 11.0 Å². The van der Waals surface area contributed by atoms with Gasteiger partial charge in [0.15, 0.2) is 0 Å². The van der Waals surface area contributed by atoms with Gasteiger partial charge in [-0.05, 0) is 43.5 Å². The molecule has 0 fully saturated rings. The lowest BCUT2D eigenvalue weighted by molar-refractivity contribution is 0.725. The van der Waals surface area contributed by atoms with E-state index in [-0.39, 0.29) is 0 Å². The Labute approximate surface area is 119 Å². The van der Waals surface area contributed by atoms with Gasteiger partial charge in [-0.2, -0.15) is 0 Å². The van der Waals surface area contributed by atoms with Crippen molar-refractivity contribution in [3.05, 3.63) is 59.2 Å². The number of hydrogen-bond acceptors (Lipinski definition) is 2. The molecule has 3 heteroatoms. The second kappa shape index (κ2) is 5.00. The number of benzene rings is 2. The van der Waals surface area contributed by atoms with E-state index in [0.29, 0.717) is 5.95 Å². The zero-order chi connectivity index (χ0) is 14.1. The van der Waals surface area contributed by atoms with Gasteiger partial charge in [-0.3, -0.25) is 0 Å². The number of nitrogens with zero attached hydrogens (tertiary/aromatic N) is 2. The fraction of sp³-hybridized carbons (Fsp3) is 0.235. The molecule has 0 aliphatic heterocycles. The van der Waals surface area contributed by atoms with E-state index in [1.54, 1.807) is 0 Å². The maximum absolute atomic E-state index is 6.05. The number of anilines is 1. The first-order chi connectivity index (χ1) is 9.63. The fourth-order valence-electron chi connectivity index (χ4n) is 2.59. The van der Waals surface area contributed by atoms with E-state index in [2.05, 4.69) is 59.8 Å². The molecule has 0 aliphatic carbocycles. The molecule has 0 saturated heterocycles. The number of nitrogen functional groups attached to an aromatic ring is 1. The quantitative estimate of drug-likeness (QED) is 0.788. The second-order valence-corrected chi connectivity index (χ2v) is 5.35. The van der Waals surface area contributed by atoms with Crippen LogP contribution < -0.4 is 5.73 Å². The molecule has 3 rings (SSSR count). The lowest BCUT2D eigenvalue weighted by Gasteiger charge is -2.07. The summed E-state index contributed by atoms with van der Waals surface area (Å²) in [4.78, 5) is 4.42. The van der Waals surface area contributed by atoms with E-state index in [1.807, 2.05) is 6.07 Å². The van der Waals surface area contributed by atoms with Gasteiger partial charge >= 0.3 is 0 Å². The van der Waals surface area contributed by atoms with Gasteiger partial charge in [-0.1, -0.05) is 35.9 Å². The molecule has 0 bridgehead atoms. The van der Waals surface area contributed by atoms with Crippen LogP contribution in [0.25, 0.3) is 11.0 Å². The van der Waals surface area contributed by atoms with E-state index < -0.39 is 0 Å². The van der Waals surface area contributed by atoms with E-state index in [1.165, 1.54) is 16.7 Å². The monoisotopic (exact) mass is 265 g/mol. The van der Waals surface area contributed by atoms with Gasteiger partial charge in [-0.15, -0.1) is 0 Å². The number of nitrogens with two attached hydrogens (primary N) is 1. The Kier molecular flexibility index (Phi) is 3.18. The van der Waals surface area contributed by atoms with Gasteiger partial charge in [0.1, 0.15) is 0 Å². The third kappa shape index (κ3) is 2.39. The molecule has 0 amide bonds. The SMILES string of the molecule is Cc1cccc(CCn2c(N)nc3ccc(C)cc32)c1. The Morgan fingerprint density at radius 3 is 2.65 bits per heavy atom. The minimum absolute atomic E-state index is 0.596. The Balaban J connectivity index is 1.90. The maximum atomic E-state index is 6.05. The maximum Gasteiger partial charge on any atom is 0.201 e. The number of aromatic nitrogens is 2. The van der Waals surface area contributed by atoms with Crippen LogP contribution in [0.4, 0.5) is 5.95 Å². The third-order valence-electron chi connectivity index (χ3n) is 3.64. The summed E-state index contributed by atoms with van der Waals surface area (Å²) in [5.41, 5.74) is 12.0. The van der Waals surface area contributed by atoms with Crippen molar-refractivity contribution in [1.82, 2.24) is 9.55 Å². The van der Waals surface area contributed by atoms with Crippen LogP contribution in [0.15, 0.2) is 42.5 Å². The summed E-state index contributed by atoms with van der Waals surface area (Å²) in [7, 11) is 0. The molecule has 0 saturated carbocycles. The van der Waals surface area contributed by atoms with Gasteiger partial charge in [-0.25, -0.2) is 4.98 Å². The Bertz CT molecular complexity index is 756. The van der Waals surface area contributed by atoms with Crippen molar-refractivity contribution in [1.29, 1.82) is 0 Å². The first-order valence-corrected chi connectivity index (χ1v) is 6.91. The summed E-state index contributed by atoms with van der Waals surface area (Å²) in [6, 6.07) is 14.9. The lowest BCUT2D eigenvalue weighted by Crippen LogP contribution is -2.05. The normalized spacial score (nSPS) is 11.1. The molecule has 102 valence electrons. The van der Waals surface area contributed by atoms with Gasteiger partial charge in [0, 0.05) is 6.54 Å². The molecule has 1 heterocycles. The molecular weight excluding hydrogens is 246 g/mol. The molecule has 3 nitrogen and oxygen atoms in total. The van der Waals surface area contributed by atoms with Crippen LogP contribution in [0, 0.1) is 13.8 Å². The summed E-state index contributed by atoms with van der Waals surface area (Å²) in [6.45, 7) is 5.07. The van der Waals surface area contributed by atoms with Crippen molar-refractivity contribution in [2.75, 3.05) is 5.73 Å². The third-order valence-corrected chi connectivity index (χ3v) is 3.64. The summed E-state index contributed by atoms with van der Waals surface area (Å²) >= 11 is 0. The number of fused-ring (bicyclic) bond motifs is 1. The minimum atomic E-state index is 0.596. The number of rotatable bonds is 3. The Hall–Kier alpha value is -2.29. The molecule has 3 aromatic rings. The molecule has 0 spiro atoms. The molecule has 2 N–H and O–H groups in total. The van der Waals surface area contributed by atoms with E-state index in [9.17, 15) is 0 Å². The predicted octanol–water partition coefficient (Wildman–Crippen LogP) is 3.48. The number of hydrogen-bond donors (Lipinski definition) is 1. The highest BCUT2D eigenvalue weighted by molar-refractivity contribution is 5.79. The predicted molar refractivity (Wildman–Crippen MR) is 83.8 cm³/mol. The van der Waals surface area contributed by atoms with Crippen molar-refractivity contribution in [2.45, 2.75) is 26.8 Å². The lowest BCUT2D eigenvalue weighted by atomic mass is 10.1. The zero-order valence-electron chi connectivity index (χ0n) is 11.9. The highest BCUT2D eigenvalue weighted by Gasteiger charge is 2.08. The Morgan fingerprint density at radius 2 is 1.85 bits per heavy atom. The van der Waals surface area contributed by atoms with E-state index >= 15 is 0 Å². The first kappa shape index (κ1) is 12.7. The van der Waals surface area contributed by atoms with Crippen molar-refractivity contribution < 1.29 is 0 Å². The summed E-state index contributed by atoms with van der Waals surface area (Å²) < 4.78 is 2.10.